The van der Waals surface area contributed by atoms with Gasteiger partial charge < -0.3 is 9.26 Å². The molecule has 1 aliphatic carbocycles. The average Bonchev–Trinajstić information content (AvgIpc) is 2.82. The number of aromatic nitrogens is 2. The third-order valence-electron chi connectivity index (χ3n) is 4.26. The lowest BCUT2D eigenvalue weighted by atomic mass is 10.1. The molecule has 5 nitrogen and oxygen atoms in total. The minimum atomic E-state index is -0.0804. The van der Waals surface area contributed by atoms with Gasteiger partial charge in [-0.05, 0) is 11.5 Å². The van der Waals surface area contributed by atoms with Crippen molar-refractivity contribution in [2.75, 3.05) is 7.11 Å². The summed E-state index contributed by atoms with van der Waals surface area (Å²) in [4.78, 5) is 4.45. The van der Waals surface area contributed by atoms with E-state index in [2.05, 4.69) is 30.1 Å². The number of benzene rings is 1. The highest BCUT2D eigenvalue weighted by molar-refractivity contribution is 5.35. The molecular formula is C16H17N3O2. The van der Waals surface area contributed by atoms with Gasteiger partial charge >= 0.3 is 0 Å². The second-order valence-electron chi connectivity index (χ2n) is 5.94. The van der Waals surface area contributed by atoms with E-state index in [1.807, 2.05) is 24.3 Å². The fourth-order valence-electron chi connectivity index (χ4n) is 2.82. The van der Waals surface area contributed by atoms with Crippen LogP contribution in [0.1, 0.15) is 37.0 Å². The summed E-state index contributed by atoms with van der Waals surface area (Å²) in [6.07, 6.45) is 0.553. The van der Waals surface area contributed by atoms with Gasteiger partial charge in [0, 0.05) is 12.0 Å². The van der Waals surface area contributed by atoms with Gasteiger partial charge in [-0.2, -0.15) is 10.2 Å². The third kappa shape index (κ3) is 2.27. The average molecular weight is 283 g/mol. The molecule has 0 N–H and O–H groups in total. The summed E-state index contributed by atoms with van der Waals surface area (Å²) in [6, 6.07) is 10.1. The SMILES string of the molecule is COc1ccccc1Cc1noc(C2C(C#N)C2(C)C)n1. The van der Waals surface area contributed by atoms with E-state index in [4.69, 9.17) is 14.5 Å². The van der Waals surface area contributed by atoms with Crippen LogP contribution in [0.5, 0.6) is 5.75 Å². The predicted molar refractivity (Wildman–Crippen MR) is 75.7 cm³/mol. The zero-order valence-electron chi connectivity index (χ0n) is 12.3. The summed E-state index contributed by atoms with van der Waals surface area (Å²) < 4.78 is 10.7. The van der Waals surface area contributed by atoms with Crippen LogP contribution in [0.2, 0.25) is 0 Å². The van der Waals surface area contributed by atoms with E-state index in [1.54, 1.807) is 7.11 Å². The molecular weight excluding hydrogens is 266 g/mol. The molecule has 2 aromatic rings. The lowest BCUT2D eigenvalue weighted by Gasteiger charge is -2.05. The Kier molecular flexibility index (Phi) is 3.17. The fourth-order valence-corrected chi connectivity index (χ4v) is 2.82. The van der Waals surface area contributed by atoms with Crippen LogP contribution in [0.3, 0.4) is 0 Å². The highest BCUT2D eigenvalue weighted by atomic mass is 16.5. The van der Waals surface area contributed by atoms with Crippen molar-refractivity contribution in [1.29, 1.82) is 5.26 Å². The maximum atomic E-state index is 9.13. The smallest absolute Gasteiger partial charge is 0.231 e. The number of nitriles is 1. The van der Waals surface area contributed by atoms with Crippen LogP contribution in [0.25, 0.3) is 0 Å². The molecule has 0 aliphatic heterocycles. The second kappa shape index (κ2) is 4.88. The number of ether oxygens (including phenoxy) is 1. The number of rotatable bonds is 4. The van der Waals surface area contributed by atoms with Gasteiger partial charge in [-0.15, -0.1) is 0 Å². The Balaban J connectivity index is 1.79. The van der Waals surface area contributed by atoms with Gasteiger partial charge in [0.2, 0.25) is 5.89 Å². The van der Waals surface area contributed by atoms with Crippen molar-refractivity contribution >= 4 is 0 Å². The van der Waals surface area contributed by atoms with Gasteiger partial charge in [-0.3, -0.25) is 0 Å². The molecule has 1 heterocycles. The minimum Gasteiger partial charge on any atom is -0.496 e. The summed E-state index contributed by atoms with van der Waals surface area (Å²) in [5.41, 5.74) is 0.933. The van der Waals surface area contributed by atoms with Crippen molar-refractivity contribution in [3.63, 3.8) is 0 Å². The van der Waals surface area contributed by atoms with Crippen LogP contribution in [-0.2, 0) is 6.42 Å². The van der Waals surface area contributed by atoms with Gasteiger partial charge in [-0.25, -0.2) is 0 Å². The second-order valence-corrected chi connectivity index (χ2v) is 5.94. The van der Waals surface area contributed by atoms with E-state index in [0.29, 0.717) is 18.1 Å². The standard InChI is InChI=1S/C16H17N3O2/c1-16(2)11(9-17)14(16)15-18-13(19-21-15)8-10-6-4-5-7-12(10)20-3/h4-7,11,14H,8H2,1-3H3. The number of para-hydroxylation sites is 1. The van der Waals surface area contributed by atoms with Crippen molar-refractivity contribution in [2.45, 2.75) is 26.2 Å². The largest absolute Gasteiger partial charge is 0.496 e. The van der Waals surface area contributed by atoms with Crippen molar-refractivity contribution in [3.05, 3.63) is 41.5 Å². The maximum absolute atomic E-state index is 9.13. The molecule has 1 aliphatic rings. The molecule has 0 bridgehead atoms. The molecule has 108 valence electrons. The molecule has 1 aromatic carbocycles. The molecule has 3 rings (SSSR count). The van der Waals surface area contributed by atoms with E-state index in [0.717, 1.165) is 11.3 Å². The van der Waals surface area contributed by atoms with Crippen molar-refractivity contribution in [3.8, 4) is 11.8 Å². The Hall–Kier alpha value is -2.35. The summed E-state index contributed by atoms with van der Waals surface area (Å²) in [5.74, 6) is 1.99. The van der Waals surface area contributed by atoms with Crippen molar-refractivity contribution < 1.29 is 9.26 Å². The predicted octanol–water partition coefficient (Wildman–Crippen LogP) is 2.93. The minimum absolute atomic E-state index is 0.0430. The van der Waals surface area contributed by atoms with Gasteiger partial charge in [0.15, 0.2) is 5.82 Å². The monoisotopic (exact) mass is 283 g/mol. The lowest BCUT2D eigenvalue weighted by Crippen LogP contribution is -1.96. The zero-order chi connectivity index (χ0) is 15.0. The fraction of sp³-hybridized carbons (Fsp3) is 0.438. The number of hydrogen-bond acceptors (Lipinski definition) is 5. The molecule has 5 heteroatoms. The molecule has 0 saturated heterocycles. The molecule has 1 aromatic heterocycles. The molecule has 0 radical (unpaired) electrons. The van der Waals surface area contributed by atoms with Gasteiger partial charge in [0.1, 0.15) is 5.75 Å². The molecule has 21 heavy (non-hydrogen) atoms. The Bertz CT molecular complexity index is 700. The molecule has 0 spiro atoms. The first-order valence-corrected chi connectivity index (χ1v) is 6.92. The normalized spacial score (nSPS) is 22.6. The summed E-state index contributed by atoms with van der Waals surface area (Å²) in [7, 11) is 1.64. The molecule has 1 fully saturated rings. The first-order chi connectivity index (χ1) is 10.1. The van der Waals surface area contributed by atoms with E-state index in [9.17, 15) is 0 Å². The highest BCUT2D eigenvalue weighted by Crippen LogP contribution is 2.63. The first kappa shape index (κ1) is 13.6. The summed E-state index contributed by atoms with van der Waals surface area (Å²) in [5, 5.41) is 13.2. The van der Waals surface area contributed by atoms with Crippen LogP contribution in [0, 0.1) is 22.7 Å². The van der Waals surface area contributed by atoms with Crippen LogP contribution < -0.4 is 4.74 Å². The third-order valence-corrected chi connectivity index (χ3v) is 4.26. The Morgan fingerprint density at radius 1 is 1.38 bits per heavy atom. The first-order valence-electron chi connectivity index (χ1n) is 6.92. The van der Waals surface area contributed by atoms with Gasteiger partial charge in [0.25, 0.3) is 0 Å². The van der Waals surface area contributed by atoms with E-state index >= 15 is 0 Å². The topological polar surface area (TPSA) is 71.9 Å². The lowest BCUT2D eigenvalue weighted by molar-refractivity contribution is 0.363. The molecule has 0 amide bonds. The Morgan fingerprint density at radius 2 is 2.14 bits per heavy atom. The van der Waals surface area contributed by atoms with E-state index in [1.165, 1.54) is 0 Å². The van der Waals surface area contributed by atoms with Crippen molar-refractivity contribution in [2.24, 2.45) is 11.3 Å². The van der Waals surface area contributed by atoms with Gasteiger partial charge in [-0.1, -0.05) is 37.2 Å². The summed E-state index contributed by atoms with van der Waals surface area (Å²) in [6.45, 7) is 4.10. The number of hydrogen-bond donors (Lipinski definition) is 0. The summed E-state index contributed by atoms with van der Waals surface area (Å²) >= 11 is 0. The van der Waals surface area contributed by atoms with Crippen molar-refractivity contribution in [1.82, 2.24) is 10.1 Å². The van der Waals surface area contributed by atoms with E-state index in [-0.39, 0.29) is 17.3 Å². The zero-order valence-corrected chi connectivity index (χ0v) is 12.3. The molecule has 2 atom stereocenters. The highest BCUT2D eigenvalue weighted by Gasteiger charge is 2.62. The van der Waals surface area contributed by atoms with Crippen LogP contribution in [-0.4, -0.2) is 17.3 Å². The number of nitrogens with zero attached hydrogens (tertiary/aromatic N) is 3. The van der Waals surface area contributed by atoms with Crippen LogP contribution in [0.4, 0.5) is 0 Å². The molecule has 1 saturated carbocycles. The molecule has 2 unspecified atom stereocenters. The maximum Gasteiger partial charge on any atom is 0.231 e. The van der Waals surface area contributed by atoms with Gasteiger partial charge in [0.05, 0.1) is 25.0 Å². The van der Waals surface area contributed by atoms with E-state index < -0.39 is 0 Å². The van der Waals surface area contributed by atoms with Crippen LogP contribution >= 0.6 is 0 Å². The number of methoxy groups -OCH3 is 1. The Morgan fingerprint density at radius 3 is 2.81 bits per heavy atom. The quantitative estimate of drug-likeness (QED) is 0.862. The van der Waals surface area contributed by atoms with Crippen LogP contribution in [0.15, 0.2) is 28.8 Å². The Labute approximate surface area is 123 Å².